The van der Waals surface area contributed by atoms with E-state index in [9.17, 15) is 18.3 Å². The van der Waals surface area contributed by atoms with Crippen LogP contribution in [0.1, 0.15) is 42.0 Å². The lowest BCUT2D eigenvalue weighted by Crippen LogP contribution is -2.23. The molecule has 8 heteroatoms. The van der Waals surface area contributed by atoms with E-state index in [2.05, 4.69) is 4.98 Å². The van der Waals surface area contributed by atoms with Gasteiger partial charge in [-0.2, -0.15) is 0 Å². The average molecular weight is 402 g/mol. The van der Waals surface area contributed by atoms with Gasteiger partial charge in [-0.25, -0.2) is 8.42 Å². The third-order valence-electron chi connectivity index (χ3n) is 4.99. The second kappa shape index (κ2) is 6.41. The van der Waals surface area contributed by atoms with Gasteiger partial charge in [0, 0.05) is 39.3 Å². The third-order valence-corrected chi connectivity index (χ3v) is 6.41. The normalized spacial score (nSPS) is 20.0. The molecule has 1 saturated carbocycles. The van der Waals surface area contributed by atoms with Gasteiger partial charge >= 0.3 is 5.97 Å². The fourth-order valence-corrected chi connectivity index (χ4v) is 5.11. The highest BCUT2D eigenvalue weighted by Crippen LogP contribution is 2.42. The van der Waals surface area contributed by atoms with E-state index in [4.69, 9.17) is 10.7 Å². The molecule has 0 aliphatic heterocycles. The van der Waals surface area contributed by atoms with Crippen LogP contribution in [0.4, 0.5) is 0 Å². The molecule has 1 N–H and O–H groups in total. The smallest absolute Gasteiger partial charge is 0.306 e. The average Bonchev–Trinajstić information content (AvgIpc) is 3.35. The van der Waals surface area contributed by atoms with Crippen LogP contribution in [0, 0.1) is 5.92 Å². The monoisotopic (exact) mass is 401 g/mol. The van der Waals surface area contributed by atoms with Gasteiger partial charge in [-0.15, -0.1) is 12.4 Å². The number of fused-ring (bicyclic) bond motifs is 2. The standard InChI is InChI=1S/C17H16ClNO4S.ClH/c18-24(22,23)16-13-4-3-10(17(20)21)5-11(13)6-12-8-19-15(7-14(12)16)9-1-2-9;/h6-10H,1-5H2,(H,20,21);1H. The van der Waals surface area contributed by atoms with Gasteiger partial charge in [-0.1, -0.05) is 0 Å². The molecule has 5 nitrogen and oxygen atoms in total. The van der Waals surface area contributed by atoms with Crippen LogP contribution < -0.4 is 0 Å². The number of pyridine rings is 1. The minimum atomic E-state index is -3.93. The van der Waals surface area contributed by atoms with Gasteiger partial charge in [-0.3, -0.25) is 9.78 Å². The molecule has 4 rings (SSSR count). The molecule has 2 aromatic rings. The Bertz CT molecular complexity index is 970. The van der Waals surface area contributed by atoms with E-state index >= 15 is 0 Å². The number of carboxylic acids is 1. The van der Waals surface area contributed by atoms with Gasteiger partial charge < -0.3 is 5.11 Å². The van der Waals surface area contributed by atoms with Crippen LogP contribution in [0.2, 0.25) is 0 Å². The van der Waals surface area contributed by atoms with Crippen molar-refractivity contribution >= 4 is 48.9 Å². The van der Waals surface area contributed by atoms with Gasteiger partial charge in [0.1, 0.15) is 0 Å². The second-order valence-corrected chi connectivity index (χ2v) is 9.17. The molecule has 0 spiro atoms. The lowest BCUT2D eigenvalue weighted by molar-refractivity contribution is -0.142. The Balaban J connectivity index is 0.00000182. The van der Waals surface area contributed by atoms with Crippen molar-refractivity contribution in [2.45, 2.75) is 42.9 Å². The number of aromatic nitrogens is 1. The number of aliphatic carboxylic acids is 1. The predicted octanol–water partition coefficient (Wildman–Crippen LogP) is 3.65. The molecule has 0 radical (unpaired) electrons. The third kappa shape index (κ3) is 3.35. The Morgan fingerprint density at radius 2 is 1.96 bits per heavy atom. The number of hydrogen-bond acceptors (Lipinski definition) is 4. The first-order valence-electron chi connectivity index (χ1n) is 7.96. The van der Waals surface area contributed by atoms with E-state index in [0.717, 1.165) is 24.1 Å². The maximum atomic E-state index is 12.3. The maximum Gasteiger partial charge on any atom is 0.306 e. The molecule has 1 heterocycles. The molecule has 1 aromatic heterocycles. The number of rotatable bonds is 3. The number of carbonyl (C=O) groups is 1. The molecular weight excluding hydrogens is 385 g/mol. The summed E-state index contributed by atoms with van der Waals surface area (Å²) in [5, 5.41) is 10.6. The van der Waals surface area contributed by atoms with E-state index in [1.165, 1.54) is 0 Å². The van der Waals surface area contributed by atoms with Crippen LogP contribution in [0.25, 0.3) is 10.8 Å². The highest BCUT2D eigenvalue weighted by Gasteiger charge is 2.31. The molecule has 0 saturated heterocycles. The van der Waals surface area contributed by atoms with Gasteiger partial charge in [0.2, 0.25) is 0 Å². The fraction of sp³-hybridized carbons (Fsp3) is 0.412. The first-order valence-corrected chi connectivity index (χ1v) is 10.3. The predicted molar refractivity (Wildman–Crippen MR) is 97.2 cm³/mol. The van der Waals surface area contributed by atoms with Crippen molar-refractivity contribution in [1.82, 2.24) is 4.98 Å². The zero-order valence-electron chi connectivity index (χ0n) is 13.2. The lowest BCUT2D eigenvalue weighted by Gasteiger charge is -2.24. The summed E-state index contributed by atoms with van der Waals surface area (Å²) in [7, 11) is 1.82. The molecule has 2 aliphatic rings. The van der Waals surface area contributed by atoms with Crippen LogP contribution in [-0.2, 0) is 26.7 Å². The van der Waals surface area contributed by atoms with E-state index in [-0.39, 0.29) is 17.3 Å². The topological polar surface area (TPSA) is 84.3 Å². The van der Waals surface area contributed by atoms with Crippen molar-refractivity contribution < 1.29 is 18.3 Å². The number of benzene rings is 1. The first-order chi connectivity index (χ1) is 11.3. The molecule has 134 valence electrons. The minimum absolute atomic E-state index is 0. The van der Waals surface area contributed by atoms with Crippen LogP contribution in [-0.4, -0.2) is 24.5 Å². The van der Waals surface area contributed by atoms with Crippen molar-refractivity contribution in [2.24, 2.45) is 5.92 Å². The van der Waals surface area contributed by atoms with E-state index in [1.54, 1.807) is 6.20 Å². The molecule has 0 amide bonds. The van der Waals surface area contributed by atoms with Crippen molar-refractivity contribution in [2.75, 3.05) is 0 Å². The summed E-state index contributed by atoms with van der Waals surface area (Å²) in [6, 6.07) is 3.71. The number of carboxylic acid groups (broad SMARTS) is 1. The van der Waals surface area contributed by atoms with Crippen LogP contribution in [0.5, 0.6) is 0 Å². The van der Waals surface area contributed by atoms with Crippen molar-refractivity contribution in [3.8, 4) is 0 Å². The highest BCUT2D eigenvalue weighted by molar-refractivity contribution is 8.14. The molecule has 2 aliphatic carbocycles. The summed E-state index contributed by atoms with van der Waals surface area (Å²) in [6.07, 6.45) is 4.99. The Morgan fingerprint density at radius 1 is 1.24 bits per heavy atom. The molecular formula is C17H17Cl2NO4S. The summed E-state index contributed by atoms with van der Waals surface area (Å²) >= 11 is 0. The zero-order valence-corrected chi connectivity index (χ0v) is 15.6. The van der Waals surface area contributed by atoms with Crippen LogP contribution in [0.15, 0.2) is 23.2 Å². The molecule has 1 atom stereocenters. The SMILES string of the molecule is Cl.O=C(O)C1CCc2c(cc3cnc(C4CC4)cc3c2S(=O)(=O)Cl)C1. The van der Waals surface area contributed by atoms with Crippen LogP contribution >= 0.6 is 23.1 Å². The van der Waals surface area contributed by atoms with Gasteiger partial charge in [0.15, 0.2) is 0 Å². The maximum absolute atomic E-state index is 12.3. The number of halogens is 2. The first kappa shape index (κ1) is 18.4. The highest BCUT2D eigenvalue weighted by atomic mass is 35.7. The second-order valence-electron chi connectivity index (χ2n) is 6.66. The van der Waals surface area contributed by atoms with Crippen molar-refractivity contribution in [1.29, 1.82) is 0 Å². The Labute approximate surface area is 156 Å². The molecule has 1 aromatic carbocycles. The molecule has 1 fully saturated rings. The summed E-state index contributed by atoms with van der Waals surface area (Å²) in [4.78, 5) is 15.9. The summed E-state index contributed by atoms with van der Waals surface area (Å²) < 4.78 is 24.5. The number of nitrogens with zero attached hydrogens (tertiary/aromatic N) is 1. The van der Waals surface area contributed by atoms with Crippen molar-refractivity contribution in [3.05, 3.63) is 35.2 Å². The Kier molecular flexibility index (Phi) is 4.73. The molecule has 25 heavy (non-hydrogen) atoms. The summed E-state index contributed by atoms with van der Waals surface area (Å²) in [6.45, 7) is 0. The van der Waals surface area contributed by atoms with Gasteiger partial charge in [0.05, 0.1) is 10.8 Å². The number of hydrogen-bond donors (Lipinski definition) is 1. The zero-order chi connectivity index (χ0) is 17.1. The Morgan fingerprint density at radius 3 is 2.56 bits per heavy atom. The molecule has 0 bridgehead atoms. The lowest BCUT2D eigenvalue weighted by atomic mass is 9.82. The fourth-order valence-electron chi connectivity index (χ4n) is 3.61. The minimum Gasteiger partial charge on any atom is -0.481 e. The Hall–Kier alpha value is -1.37. The van der Waals surface area contributed by atoms with E-state index in [0.29, 0.717) is 41.5 Å². The van der Waals surface area contributed by atoms with Crippen molar-refractivity contribution in [3.63, 3.8) is 0 Å². The van der Waals surface area contributed by atoms with E-state index in [1.807, 2.05) is 12.1 Å². The largest absolute Gasteiger partial charge is 0.481 e. The summed E-state index contributed by atoms with van der Waals surface area (Å²) in [5.74, 6) is -0.925. The van der Waals surface area contributed by atoms with Gasteiger partial charge in [0.25, 0.3) is 9.05 Å². The summed E-state index contributed by atoms with van der Waals surface area (Å²) in [5.41, 5.74) is 2.33. The quantitative estimate of drug-likeness (QED) is 0.793. The van der Waals surface area contributed by atoms with E-state index < -0.39 is 20.9 Å². The van der Waals surface area contributed by atoms with Crippen LogP contribution in [0.3, 0.4) is 0 Å². The molecule has 1 unspecified atom stereocenters. The van der Waals surface area contributed by atoms with Gasteiger partial charge in [-0.05, 0) is 55.4 Å².